The number of hydroxylamine groups is 1. The lowest BCUT2D eigenvalue weighted by Gasteiger charge is -2.30. The van der Waals surface area contributed by atoms with E-state index in [4.69, 9.17) is 14.7 Å². The number of carbonyl (C=O) groups excluding carboxylic acids is 3. The van der Waals surface area contributed by atoms with Crippen LogP contribution in [0.4, 0.5) is 26.2 Å². The molecule has 2 aromatic carbocycles. The molecule has 2 aromatic rings. The van der Waals surface area contributed by atoms with E-state index in [1.807, 2.05) is 29.2 Å². The number of ether oxygens (including phenoxy) is 2. The number of halogens is 1. The van der Waals surface area contributed by atoms with Crippen molar-refractivity contribution in [2.24, 2.45) is 0 Å². The molecule has 0 spiro atoms. The molecule has 2 heterocycles. The molecular weight excluding hydrogens is 497 g/mol. The summed E-state index contributed by atoms with van der Waals surface area (Å²) in [5.41, 5.74) is 4.50. The van der Waals surface area contributed by atoms with E-state index in [1.165, 1.54) is 29.4 Å². The Bertz CT molecular complexity index is 1200. The third kappa shape index (κ3) is 6.78. The SMILES string of the molecule is CC(=O)NC[C@H]1CN(c2cc(F)c(N3CCOCC3)cc2NCc2ccc(/C=C/C(=O)NO)cc2)C(=O)O1. The Morgan fingerprint density at radius 3 is 2.58 bits per heavy atom. The maximum Gasteiger partial charge on any atom is 0.414 e. The number of benzene rings is 2. The molecule has 1 atom stereocenters. The van der Waals surface area contributed by atoms with Crippen LogP contribution in [-0.2, 0) is 25.6 Å². The first-order valence-electron chi connectivity index (χ1n) is 12.2. The van der Waals surface area contributed by atoms with Gasteiger partial charge in [-0.1, -0.05) is 24.3 Å². The molecule has 3 amide bonds. The number of nitrogens with zero attached hydrogens (tertiary/aromatic N) is 2. The number of cyclic esters (lactones) is 1. The van der Waals surface area contributed by atoms with E-state index in [0.29, 0.717) is 49.9 Å². The highest BCUT2D eigenvalue weighted by Gasteiger charge is 2.34. The van der Waals surface area contributed by atoms with Gasteiger partial charge in [0.2, 0.25) is 5.91 Å². The smallest absolute Gasteiger partial charge is 0.414 e. The Hall–Kier alpha value is -4.16. The lowest BCUT2D eigenvalue weighted by Crippen LogP contribution is -2.37. The van der Waals surface area contributed by atoms with Crippen LogP contribution >= 0.6 is 0 Å². The molecule has 11 nitrogen and oxygen atoms in total. The summed E-state index contributed by atoms with van der Waals surface area (Å²) in [7, 11) is 0. The van der Waals surface area contributed by atoms with Gasteiger partial charge in [0.05, 0.1) is 43.4 Å². The first-order chi connectivity index (χ1) is 18.3. The van der Waals surface area contributed by atoms with Gasteiger partial charge in [0.15, 0.2) is 0 Å². The van der Waals surface area contributed by atoms with Crippen LogP contribution in [0.2, 0.25) is 0 Å². The number of hydrogen-bond acceptors (Lipinski definition) is 8. The number of hydrogen-bond donors (Lipinski definition) is 4. The van der Waals surface area contributed by atoms with Crippen molar-refractivity contribution in [3.8, 4) is 0 Å². The van der Waals surface area contributed by atoms with Crippen molar-refractivity contribution in [1.29, 1.82) is 0 Å². The Balaban J connectivity index is 1.56. The summed E-state index contributed by atoms with van der Waals surface area (Å²) in [5.74, 6) is -1.33. The number of amides is 3. The zero-order valence-electron chi connectivity index (χ0n) is 20.9. The first-order valence-corrected chi connectivity index (χ1v) is 12.2. The van der Waals surface area contributed by atoms with Crippen molar-refractivity contribution in [1.82, 2.24) is 10.8 Å². The molecule has 202 valence electrons. The van der Waals surface area contributed by atoms with Gasteiger partial charge < -0.3 is 25.0 Å². The van der Waals surface area contributed by atoms with Crippen LogP contribution in [0.25, 0.3) is 6.08 Å². The number of anilines is 3. The minimum Gasteiger partial charge on any atom is -0.442 e. The molecule has 2 aliphatic heterocycles. The van der Waals surface area contributed by atoms with Gasteiger partial charge in [-0.3, -0.25) is 19.7 Å². The largest absolute Gasteiger partial charge is 0.442 e. The van der Waals surface area contributed by atoms with E-state index in [2.05, 4.69) is 10.6 Å². The number of nitrogens with one attached hydrogen (secondary N) is 3. The predicted molar refractivity (Wildman–Crippen MR) is 138 cm³/mol. The second-order valence-electron chi connectivity index (χ2n) is 8.88. The third-order valence-corrected chi connectivity index (χ3v) is 6.16. The van der Waals surface area contributed by atoms with Crippen LogP contribution in [-0.4, -0.2) is 68.6 Å². The average Bonchev–Trinajstić information content (AvgIpc) is 3.30. The third-order valence-electron chi connectivity index (χ3n) is 6.16. The fourth-order valence-corrected chi connectivity index (χ4v) is 4.20. The second-order valence-corrected chi connectivity index (χ2v) is 8.88. The second kappa shape index (κ2) is 12.4. The summed E-state index contributed by atoms with van der Waals surface area (Å²) in [5, 5.41) is 14.6. The molecular formula is C26H30FN5O6. The molecule has 2 fully saturated rings. The summed E-state index contributed by atoms with van der Waals surface area (Å²) < 4.78 is 26.1. The van der Waals surface area contributed by atoms with Gasteiger partial charge in [-0.15, -0.1) is 0 Å². The summed E-state index contributed by atoms with van der Waals surface area (Å²) in [6.45, 7) is 4.16. The fraction of sp³-hybridized carbons (Fsp3) is 0.346. The van der Waals surface area contributed by atoms with Crippen LogP contribution in [0, 0.1) is 5.82 Å². The monoisotopic (exact) mass is 527 g/mol. The van der Waals surface area contributed by atoms with E-state index in [1.54, 1.807) is 12.1 Å². The number of carbonyl (C=O) groups is 3. The van der Waals surface area contributed by atoms with Gasteiger partial charge in [0, 0.05) is 38.7 Å². The van der Waals surface area contributed by atoms with Crippen LogP contribution in [0.15, 0.2) is 42.5 Å². The molecule has 0 bridgehead atoms. The summed E-state index contributed by atoms with van der Waals surface area (Å²) in [6, 6.07) is 10.4. The van der Waals surface area contributed by atoms with Crippen LogP contribution < -0.4 is 25.9 Å². The van der Waals surface area contributed by atoms with Crippen molar-refractivity contribution < 1.29 is 33.5 Å². The van der Waals surface area contributed by atoms with Gasteiger partial charge in [-0.05, 0) is 23.3 Å². The van der Waals surface area contributed by atoms with E-state index in [0.717, 1.165) is 11.1 Å². The van der Waals surface area contributed by atoms with E-state index >= 15 is 4.39 Å². The quantitative estimate of drug-likeness (QED) is 0.222. The summed E-state index contributed by atoms with van der Waals surface area (Å²) in [4.78, 5) is 38.4. The molecule has 4 rings (SSSR count). The summed E-state index contributed by atoms with van der Waals surface area (Å²) >= 11 is 0. The van der Waals surface area contributed by atoms with Crippen LogP contribution in [0.3, 0.4) is 0 Å². The minimum absolute atomic E-state index is 0.159. The van der Waals surface area contributed by atoms with E-state index in [-0.39, 0.29) is 19.0 Å². The Morgan fingerprint density at radius 2 is 1.89 bits per heavy atom. The van der Waals surface area contributed by atoms with Crippen LogP contribution in [0.5, 0.6) is 0 Å². The zero-order chi connectivity index (χ0) is 27.1. The topological polar surface area (TPSA) is 132 Å². The summed E-state index contributed by atoms with van der Waals surface area (Å²) in [6.07, 6.45) is 1.59. The fourth-order valence-electron chi connectivity index (χ4n) is 4.20. The molecule has 2 saturated heterocycles. The molecule has 38 heavy (non-hydrogen) atoms. The number of morpholine rings is 1. The molecule has 4 N–H and O–H groups in total. The average molecular weight is 528 g/mol. The highest BCUT2D eigenvalue weighted by Crippen LogP contribution is 2.36. The van der Waals surface area contributed by atoms with Gasteiger partial charge in [-0.25, -0.2) is 14.7 Å². The Kier molecular flexibility index (Phi) is 8.77. The standard InChI is InChI=1S/C26H30FN5O6/c1-17(33)28-15-20-16-32(26(35)38-20)24-12-21(27)23(31-8-10-37-11-9-31)13-22(24)29-14-19-4-2-18(3-5-19)6-7-25(34)30-36/h2-7,12-13,20,29,36H,8-11,14-16H2,1H3,(H,28,33)(H,30,34)/b7-6+/t20-/m0/s1. The molecule has 0 radical (unpaired) electrons. The Labute approximate surface area is 219 Å². The molecule has 0 aromatic heterocycles. The minimum atomic E-state index is -0.629. The molecule has 0 unspecified atom stereocenters. The van der Waals surface area contributed by atoms with E-state index in [9.17, 15) is 14.4 Å². The molecule has 2 aliphatic rings. The normalized spacial score (nSPS) is 17.4. The first kappa shape index (κ1) is 26.9. The van der Waals surface area contributed by atoms with Gasteiger partial charge in [0.1, 0.15) is 11.9 Å². The van der Waals surface area contributed by atoms with Crippen molar-refractivity contribution in [3.05, 3.63) is 59.4 Å². The predicted octanol–water partition coefficient (Wildman–Crippen LogP) is 2.25. The highest BCUT2D eigenvalue weighted by atomic mass is 19.1. The maximum absolute atomic E-state index is 15.3. The van der Waals surface area contributed by atoms with Crippen molar-refractivity contribution in [3.63, 3.8) is 0 Å². The van der Waals surface area contributed by atoms with Crippen molar-refractivity contribution in [2.45, 2.75) is 19.6 Å². The van der Waals surface area contributed by atoms with Crippen molar-refractivity contribution in [2.75, 3.05) is 54.5 Å². The molecule has 0 saturated carbocycles. The highest BCUT2D eigenvalue weighted by molar-refractivity contribution is 5.95. The Morgan fingerprint density at radius 1 is 1.16 bits per heavy atom. The molecule has 0 aliphatic carbocycles. The van der Waals surface area contributed by atoms with Gasteiger partial charge in [0.25, 0.3) is 5.91 Å². The lowest BCUT2D eigenvalue weighted by atomic mass is 10.1. The van der Waals surface area contributed by atoms with Crippen molar-refractivity contribution >= 4 is 41.0 Å². The lowest BCUT2D eigenvalue weighted by molar-refractivity contribution is -0.124. The van der Waals surface area contributed by atoms with E-state index < -0.39 is 23.9 Å². The van der Waals surface area contributed by atoms with Crippen LogP contribution in [0.1, 0.15) is 18.1 Å². The number of rotatable bonds is 9. The van der Waals surface area contributed by atoms with Gasteiger partial charge >= 0.3 is 6.09 Å². The molecule has 12 heteroatoms. The van der Waals surface area contributed by atoms with Gasteiger partial charge in [-0.2, -0.15) is 0 Å². The zero-order valence-corrected chi connectivity index (χ0v) is 20.9. The maximum atomic E-state index is 15.3.